The van der Waals surface area contributed by atoms with Crippen LogP contribution in [0.5, 0.6) is 0 Å². The molecule has 0 aliphatic heterocycles. The van der Waals surface area contributed by atoms with Crippen LogP contribution in [0.25, 0.3) is 21.3 Å². The standard InChI is InChI=1S/C21H16N2O2S/c1-14(19(24)16-10-6-3-7-11-16)23-13-22-20-18(21(23)25)17(12-26-20)15-8-4-2-5-9-15/h2-14H,1H3/t14-/m0/s1. The highest BCUT2D eigenvalue weighted by molar-refractivity contribution is 7.17. The maximum Gasteiger partial charge on any atom is 0.263 e. The monoisotopic (exact) mass is 360 g/mol. The van der Waals surface area contributed by atoms with Gasteiger partial charge in [-0.25, -0.2) is 4.98 Å². The minimum absolute atomic E-state index is 0.106. The maximum atomic E-state index is 13.1. The van der Waals surface area contributed by atoms with Crippen LogP contribution in [0.1, 0.15) is 23.3 Å². The summed E-state index contributed by atoms with van der Waals surface area (Å²) in [5.74, 6) is -0.106. The van der Waals surface area contributed by atoms with Gasteiger partial charge in [-0.3, -0.25) is 14.2 Å². The summed E-state index contributed by atoms with van der Waals surface area (Å²) in [6, 6.07) is 18.1. The molecule has 0 aliphatic rings. The molecule has 0 N–H and O–H groups in total. The average Bonchev–Trinajstić information content (AvgIpc) is 3.14. The average molecular weight is 360 g/mol. The zero-order chi connectivity index (χ0) is 18.1. The number of carbonyl (C=O) groups is 1. The van der Waals surface area contributed by atoms with Crippen molar-refractivity contribution in [2.24, 2.45) is 0 Å². The number of carbonyl (C=O) groups excluding carboxylic acids is 1. The second kappa shape index (κ2) is 6.69. The van der Waals surface area contributed by atoms with Crippen molar-refractivity contribution >= 4 is 27.3 Å². The van der Waals surface area contributed by atoms with Crippen molar-refractivity contribution in [1.82, 2.24) is 9.55 Å². The fraction of sp³-hybridized carbons (Fsp3) is 0.0952. The highest BCUT2D eigenvalue weighted by atomic mass is 32.1. The SMILES string of the molecule is C[C@@H](C(=O)c1ccccc1)n1cnc2scc(-c3ccccc3)c2c1=O. The van der Waals surface area contributed by atoms with Crippen LogP contribution in [0.15, 0.2) is 77.2 Å². The number of Topliss-reactive ketones (excluding diaryl/α,β-unsaturated/α-hetero) is 1. The molecule has 2 aromatic heterocycles. The van der Waals surface area contributed by atoms with Gasteiger partial charge in [0.25, 0.3) is 5.56 Å². The van der Waals surface area contributed by atoms with E-state index in [0.717, 1.165) is 11.1 Å². The minimum Gasteiger partial charge on any atom is -0.292 e. The predicted octanol–water partition coefficient (Wildman–Crippen LogP) is 4.57. The van der Waals surface area contributed by atoms with Gasteiger partial charge < -0.3 is 0 Å². The van der Waals surface area contributed by atoms with Gasteiger partial charge in [-0.2, -0.15) is 0 Å². The first kappa shape index (κ1) is 16.4. The van der Waals surface area contributed by atoms with Crippen LogP contribution in [-0.2, 0) is 0 Å². The Morgan fingerprint density at radius 1 is 1.04 bits per heavy atom. The number of aromatic nitrogens is 2. The van der Waals surface area contributed by atoms with Crippen LogP contribution in [0, 0.1) is 0 Å². The van der Waals surface area contributed by atoms with E-state index in [0.29, 0.717) is 15.8 Å². The molecule has 4 rings (SSSR count). The lowest BCUT2D eigenvalue weighted by Crippen LogP contribution is -2.28. The smallest absolute Gasteiger partial charge is 0.263 e. The third-order valence-electron chi connectivity index (χ3n) is 4.46. The second-order valence-corrected chi connectivity index (χ2v) is 6.92. The fourth-order valence-electron chi connectivity index (χ4n) is 3.02. The molecular formula is C21H16N2O2S. The number of fused-ring (bicyclic) bond motifs is 1. The first-order valence-electron chi connectivity index (χ1n) is 8.30. The molecule has 0 unspecified atom stereocenters. The van der Waals surface area contributed by atoms with E-state index in [2.05, 4.69) is 4.98 Å². The highest BCUT2D eigenvalue weighted by Crippen LogP contribution is 2.30. The summed E-state index contributed by atoms with van der Waals surface area (Å²) in [6.45, 7) is 1.73. The largest absolute Gasteiger partial charge is 0.292 e. The molecule has 2 heterocycles. The molecule has 0 spiro atoms. The molecule has 0 amide bonds. The lowest BCUT2D eigenvalue weighted by molar-refractivity contribution is 0.0932. The van der Waals surface area contributed by atoms with E-state index >= 15 is 0 Å². The molecule has 4 aromatic rings. The van der Waals surface area contributed by atoms with Crippen LogP contribution in [0.3, 0.4) is 0 Å². The molecular weight excluding hydrogens is 344 g/mol. The van der Waals surface area contributed by atoms with Gasteiger partial charge in [-0.15, -0.1) is 11.3 Å². The van der Waals surface area contributed by atoms with Crippen molar-refractivity contribution in [3.8, 4) is 11.1 Å². The van der Waals surface area contributed by atoms with Gasteiger partial charge in [0.05, 0.1) is 17.8 Å². The second-order valence-electron chi connectivity index (χ2n) is 6.06. The highest BCUT2D eigenvalue weighted by Gasteiger charge is 2.21. The van der Waals surface area contributed by atoms with E-state index in [-0.39, 0.29) is 11.3 Å². The van der Waals surface area contributed by atoms with Gasteiger partial charge in [0.1, 0.15) is 4.83 Å². The van der Waals surface area contributed by atoms with E-state index < -0.39 is 6.04 Å². The summed E-state index contributed by atoms with van der Waals surface area (Å²) in [6.07, 6.45) is 1.47. The van der Waals surface area contributed by atoms with Crippen molar-refractivity contribution in [2.45, 2.75) is 13.0 Å². The summed E-state index contributed by atoms with van der Waals surface area (Å²) in [5.41, 5.74) is 2.22. The van der Waals surface area contributed by atoms with E-state index in [9.17, 15) is 9.59 Å². The molecule has 128 valence electrons. The molecule has 1 atom stereocenters. The Labute approximate surface area is 154 Å². The number of benzene rings is 2. The molecule has 0 saturated heterocycles. The van der Waals surface area contributed by atoms with Crippen molar-refractivity contribution < 1.29 is 4.79 Å². The topological polar surface area (TPSA) is 52.0 Å². The first-order chi connectivity index (χ1) is 12.7. The molecule has 5 heteroatoms. The fourth-order valence-corrected chi connectivity index (χ4v) is 3.93. The number of rotatable bonds is 4. The summed E-state index contributed by atoms with van der Waals surface area (Å²) >= 11 is 1.44. The van der Waals surface area contributed by atoms with Crippen molar-refractivity contribution in [3.05, 3.63) is 88.3 Å². The van der Waals surface area contributed by atoms with Gasteiger partial charge >= 0.3 is 0 Å². The Morgan fingerprint density at radius 2 is 1.69 bits per heavy atom. The first-order valence-corrected chi connectivity index (χ1v) is 9.18. The van der Waals surface area contributed by atoms with Crippen LogP contribution in [0.4, 0.5) is 0 Å². The van der Waals surface area contributed by atoms with Crippen molar-refractivity contribution in [3.63, 3.8) is 0 Å². The number of nitrogens with zero attached hydrogens (tertiary/aromatic N) is 2. The zero-order valence-electron chi connectivity index (χ0n) is 14.1. The Hall–Kier alpha value is -3.05. The molecule has 2 aromatic carbocycles. The van der Waals surface area contributed by atoms with Gasteiger partial charge in [0.2, 0.25) is 0 Å². The van der Waals surface area contributed by atoms with Crippen molar-refractivity contribution in [2.75, 3.05) is 0 Å². The van der Waals surface area contributed by atoms with Gasteiger partial charge in [-0.1, -0.05) is 60.7 Å². The van der Waals surface area contributed by atoms with E-state index in [1.54, 1.807) is 19.1 Å². The summed E-state index contributed by atoms with van der Waals surface area (Å²) in [5, 5.41) is 2.51. The lowest BCUT2D eigenvalue weighted by atomic mass is 10.0. The van der Waals surface area contributed by atoms with Crippen LogP contribution < -0.4 is 5.56 Å². The van der Waals surface area contributed by atoms with Crippen LogP contribution in [0.2, 0.25) is 0 Å². The normalized spacial score (nSPS) is 12.2. The van der Waals surface area contributed by atoms with Crippen molar-refractivity contribution in [1.29, 1.82) is 0 Å². The molecule has 0 saturated carbocycles. The van der Waals surface area contributed by atoms with E-state index in [1.807, 2.05) is 53.9 Å². The molecule has 4 nitrogen and oxygen atoms in total. The number of hydrogen-bond acceptors (Lipinski definition) is 4. The molecule has 0 fully saturated rings. The van der Waals surface area contributed by atoms with Crippen LogP contribution in [-0.4, -0.2) is 15.3 Å². The molecule has 26 heavy (non-hydrogen) atoms. The summed E-state index contributed by atoms with van der Waals surface area (Å²) in [4.78, 5) is 31.0. The minimum atomic E-state index is -0.620. The quantitative estimate of drug-likeness (QED) is 0.501. The van der Waals surface area contributed by atoms with Gasteiger partial charge in [-0.05, 0) is 12.5 Å². The zero-order valence-corrected chi connectivity index (χ0v) is 14.9. The molecule has 0 radical (unpaired) electrons. The third-order valence-corrected chi connectivity index (χ3v) is 5.35. The van der Waals surface area contributed by atoms with Crippen LogP contribution >= 0.6 is 11.3 Å². The summed E-state index contributed by atoms with van der Waals surface area (Å²) in [7, 11) is 0. The Morgan fingerprint density at radius 3 is 2.38 bits per heavy atom. The Kier molecular flexibility index (Phi) is 4.22. The maximum absolute atomic E-state index is 13.1. The molecule has 0 aliphatic carbocycles. The number of thiophene rings is 1. The predicted molar refractivity (Wildman–Crippen MR) is 105 cm³/mol. The summed E-state index contributed by atoms with van der Waals surface area (Å²) < 4.78 is 1.43. The number of ketones is 1. The molecule has 0 bridgehead atoms. The van der Waals surface area contributed by atoms with E-state index in [4.69, 9.17) is 0 Å². The Bertz CT molecular complexity index is 1130. The third kappa shape index (κ3) is 2.76. The van der Waals surface area contributed by atoms with E-state index in [1.165, 1.54) is 22.2 Å². The van der Waals surface area contributed by atoms with Gasteiger partial charge in [0, 0.05) is 16.5 Å². The van der Waals surface area contributed by atoms with Gasteiger partial charge in [0.15, 0.2) is 5.78 Å². The lowest BCUT2D eigenvalue weighted by Gasteiger charge is -2.14. The number of hydrogen-bond donors (Lipinski definition) is 0. The Balaban J connectivity index is 1.83.